The van der Waals surface area contributed by atoms with Gasteiger partial charge in [0.1, 0.15) is 5.00 Å². The maximum Gasteiger partial charge on any atom is 0.299 e. The van der Waals surface area contributed by atoms with E-state index in [2.05, 4.69) is 19.7 Å². The number of rotatable bonds is 6. The van der Waals surface area contributed by atoms with Gasteiger partial charge in [-0.1, -0.05) is 6.92 Å². The molecule has 0 saturated carbocycles. The van der Waals surface area contributed by atoms with E-state index in [9.17, 15) is 13.2 Å². The van der Waals surface area contributed by atoms with Gasteiger partial charge in [0.2, 0.25) is 0 Å². The van der Waals surface area contributed by atoms with Crippen LogP contribution in [-0.2, 0) is 10.2 Å². The van der Waals surface area contributed by atoms with Crippen LogP contribution in [0.5, 0.6) is 0 Å². The van der Waals surface area contributed by atoms with E-state index in [0.717, 1.165) is 0 Å². The largest absolute Gasteiger partial charge is 0.312 e. The van der Waals surface area contributed by atoms with Crippen LogP contribution in [-0.4, -0.2) is 25.9 Å². The Labute approximate surface area is 126 Å². The van der Waals surface area contributed by atoms with Crippen molar-refractivity contribution >= 4 is 38.1 Å². The van der Waals surface area contributed by atoms with Crippen molar-refractivity contribution in [3.05, 3.63) is 41.5 Å². The molecule has 0 radical (unpaired) electrons. The summed E-state index contributed by atoms with van der Waals surface area (Å²) in [5, 5.41) is 3.34. The Morgan fingerprint density at radius 1 is 1.29 bits per heavy atom. The Balaban J connectivity index is 2.03. The molecule has 1 amide bonds. The minimum atomic E-state index is -3.57. The van der Waals surface area contributed by atoms with Crippen LogP contribution in [0, 0.1) is 0 Å². The minimum absolute atomic E-state index is 0.277. The van der Waals surface area contributed by atoms with Crippen molar-refractivity contribution in [2.45, 2.75) is 6.92 Å². The number of amides is 1. The van der Waals surface area contributed by atoms with Gasteiger partial charge in [-0.2, -0.15) is 13.1 Å². The summed E-state index contributed by atoms with van der Waals surface area (Å²) in [7, 11) is -3.57. The highest BCUT2D eigenvalue weighted by Crippen LogP contribution is 2.15. The first-order valence-electron chi connectivity index (χ1n) is 6.07. The zero-order chi connectivity index (χ0) is 15.3. The number of aromatic nitrogens is 1. The number of hydrogen-bond acceptors (Lipinski definition) is 5. The van der Waals surface area contributed by atoms with Gasteiger partial charge in [-0.25, -0.2) is 0 Å². The van der Waals surface area contributed by atoms with Crippen molar-refractivity contribution in [2.75, 3.05) is 16.6 Å². The van der Waals surface area contributed by atoms with Crippen LogP contribution < -0.4 is 14.8 Å². The van der Waals surface area contributed by atoms with E-state index in [1.807, 2.05) is 0 Å². The Morgan fingerprint density at radius 3 is 2.57 bits per heavy atom. The number of nitrogens with one attached hydrogen (secondary N) is 3. The van der Waals surface area contributed by atoms with E-state index in [0.29, 0.717) is 22.8 Å². The van der Waals surface area contributed by atoms with Crippen molar-refractivity contribution < 1.29 is 13.2 Å². The van der Waals surface area contributed by atoms with Gasteiger partial charge in [-0.3, -0.25) is 14.5 Å². The third kappa shape index (κ3) is 4.52. The van der Waals surface area contributed by atoms with Crippen molar-refractivity contribution in [3.63, 3.8) is 0 Å². The quantitative estimate of drug-likeness (QED) is 0.751. The number of nitrogens with zero attached hydrogens (tertiary/aromatic N) is 1. The fraction of sp³-hybridized carbons (Fsp3) is 0.167. The number of benzene rings is 1. The van der Waals surface area contributed by atoms with Gasteiger partial charge in [0.05, 0.1) is 11.7 Å². The highest BCUT2D eigenvalue weighted by Gasteiger charge is 2.10. The fourth-order valence-corrected chi connectivity index (χ4v) is 2.94. The molecular weight excluding hydrogens is 312 g/mol. The Hall–Kier alpha value is -1.97. The zero-order valence-corrected chi connectivity index (χ0v) is 12.8. The molecule has 7 nitrogen and oxygen atoms in total. The van der Waals surface area contributed by atoms with Crippen LogP contribution in [0.4, 0.5) is 10.7 Å². The molecule has 112 valence electrons. The van der Waals surface area contributed by atoms with E-state index >= 15 is 0 Å². The number of anilines is 2. The molecule has 0 atom stereocenters. The maximum absolute atomic E-state index is 11.9. The van der Waals surface area contributed by atoms with Crippen LogP contribution >= 0.6 is 11.3 Å². The second-order valence-corrected chi connectivity index (χ2v) is 6.39. The van der Waals surface area contributed by atoms with E-state index in [1.54, 1.807) is 30.8 Å². The molecule has 1 aromatic carbocycles. The average molecular weight is 326 g/mol. The molecule has 0 bridgehead atoms. The predicted octanol–water partition coefficient (Wildman–Crippen LogP) is 1.66. The number of hydrogen-bond donors (Lipinski definition) is 3. The summed E-state index contributed by atoms with van der Waals surface area (Å²) in [5.41, 5.74) is 2.42. The lowest BCUT2D eigenvalue weighted by molar-refractivity contribution is 0.102. The number of thiazole rings is 1. The number of carbonyl (C=O) groups is 1. The van der Waals surface area contributed by atoms with E-state index < -0.39 is 10.2 Å². The number of carbonyl (C=O) groups excluding carboxylic acids is 1. The van der Waals surface area contributed by atoms with E-state index in [1.165, 1.54) is 23.5 Å². The predicted molar refractivity (Wildman–Crippen MR) is 82.7 cm³/mol. The highest BCUT2D eigenvalue weighted by atomic mass is 32.2. The summed E-state index contributed by atoms with van der Waals surface area (Å²) >= 11 is 1.32. The molecule has 0 spiro atoms. The highest BCUT2D eigenvalue weighted by molar-refractivity contribution is 7.90. The summed E-state index contributed by atoms with van der Waals surface area (Å²) in [6.45, 7) is 1.98. The van der Waals surface area contributed by atoms with E-state index in [-0.39, 0.29) is 5.91 Å². The van der Waals surface area contributed by atoms with E-state index in [4.69, 9.17) is 0 Å². The molecule has 1 aromatic heterocycles. The summed E-state index contributed by atoms with van der Waals surface area (Å²) in [6, 6.07) is 6.13. The lowest BCUT2D eigenvalue weighted by Crippen LogP contribution is -2.29. The minimum Gasteiger partial charge on any atom is -0.312 e. The molecule has 2 rings (SSSR count). The second-order valence-electron chi connectivity index (χ2n) is 4.00. The third-order valence-corrected chi connectivity index (χ3v) is 4.26. The molecule has 0 saturated heterocycles. The summed E-state index contributed by atoms with van der Waals surface area (Å²) in [6.07, 6.45) is 1.56. The molecule has 0 aliphatic heterocycles. The van der Waals surface area contributed by atoms with Crippen molar-refractivity contribution in [1.29, 1.82) is 0 Å². The normalized spacial score (nSPS) is 11.1. The molecule has 2 aromatic rings. The molecule has 21 heavy (non-hydrogen) atoms. The maximum atomic E-state index is 11.9. The van der Waals surface area contributed by atoms with Crippen LogP contribution in [0.3, 0.4) is 0 Å². The third-order valence-electron chi connectivity index (χ3n) is 2.40. The van der Waals surface area contributed by atoms with Crippen molar-refractivity contribution in [3.8, 4) is 0 Å². The smallest absolute Gasteiger partial charge is 0.299 e. The Kier molecular flexibility index (Phi) is 4.89. The lowest BCUT2D eigenvalue weighted by atomic mass is 10.2. The van der Waals surface area contributed by atoms with Gasteiger partial charge >= 0.3 is 0 Å². The molecule has 0 fully saturated rings. The Bertz CT molecular complexity index is 697. The van der Waals surface area contributed by atoms with Gasteiger partial charge in [0, 0.05) is 17.8 Å². The zero-order valence-electron chi connectivity index (χ0n) is 11.2. The monoisotopic (exact) mass is 326 g/mol. The summed E-state index contributed by atoms with van der Waals surface area (Å²) in [5.74, 6) is -0.277. The first-order valence-corrected chi connectivity index (χ1v) is 8.44. The topological polar surface area (TPSA) is 100 Å². The van der Waals surface area contributed by atoms with Crippen LogP contribution in [0.15, 0.2) is 36.0 Å². The second kappa shape index (κ2) is 6.66. The van der Waals surface area contributed by atoms with Gasteiger partial charge < -0.3 is 5.32 Å². The van der Waals surface area contributed by atoms with Crippen LogP contribution in [0.2, 0.25) is 0 Å². The van der Waals surface area contributed by atoms with Crippen molar-refractivity contribution in [1.82, 2.24) is 9.71 Å². The summed E-state index contributed by atoms with van der Waals surface area (Å²) in [4.78, 5) is 15.8. The molecular formula is C12H14N4O3S2. The molecule has 0 unspecified atom stereocenters. The lowest BCUT2D eigenvalue weighted by Gasteiger charge is -2.08. The average Bonchev–Trinajstić information content (AvgIpc) is 2.91. The summed E-state index contributed by atoms with van der Waals surface area (Å²) < 4.78 is 27.7. The van der Waals surface area contributed by atoms with Crippen LogP contribution in [0.25, 0.3) is 0 Å². The van der Waals surface area contributed by atoms with Crippen molar-refractivity contribution in [2.24, 2.45) is 0 Å². The molecule has 3 N–H and O–H groups in total. The standard InChI is InChI=1S/C12H14N4O3S2/c1-2-14-21(18,19)16-10-5-3-9(4-6-10)12(17)15-11-7-13-8-20-11/h3-8,14,16H,2H2,1H3,(H,15,17). The SMILES string of the molecule is CCNS(=O)(=O)Nc1ccc(C(=O)Nc2cncs2)cc1. The van der Waals surface area contributed by atoms with Gasteiger partial charge in [0.15, 0.2) is 0 Å². The molecule has 1 heterocycles. The van der Waals surface area contributed by atoms with Gasteiger partial charge in [-0.15, -0.1) is 11.3 Å². The molecule has 0 aliphatic carbocycles. The Morgan fingerprint density at radius 2 is 2.00 bits per heavy atom. The molecule has 9 heteroatoms. The van der Waals surface area contributed by atoms with Gasteiger partial charge in [0.25, 0.3) is 16.1 Å². The van der Waals surface area contributed by atoms with Gasteiger partial charge in [-0.05, 0) is 24.3 Å². The fourth-order valence-electron chi connectivity index (χ4n) is 1.53. The molecule has 0 aliphatic rings. The first kappa shape index (κ1) is 15.4. The van der Waals surface area contributed by atoms with Crippen LogP contribution in [0.1, 0.15) is 17.3 Å². The first-order chi connectivity index (χ1) is 10.00.